The minimum Gasteiger partial charge on any atom is -0.334 e. The van der Waals surface area contributed by atoms with E-state index >= 15 is 0 Å². The van der Waals surface area contributed by atoms with Gasteiger partial charge in [-0.15, -0.1) is 0 Å². The van der Waals surface area contributed by atoms with Gasteiger partial charge in [0, 0.05) is 5.56 Å². The number of imide groups is 1. The molecule has 136 valence electrons. The van der Waals surface area contributed by atoms with Gasteiger partial charge in [-0.2, -0.15) is 4.98 Å². The van der Waals surface area contributed by atoms with Gasteiger partial charge in [0.15, 0.2) is 5.82 Å². The van der Waals surface area contributed by atoms with Crippen molar-refractivity contribution in [2.24, 2.45) is 0 Å². The molecule has 0 radical (unpaired) electrons. The zero-order valence-corrected chi connectivity index (χ0v) is 14.3. The third-order valence-electron chi connectivity index (χ3n) is 4.48. The van der Waals surface area contributed by atoms with Crippen molar-refractivity contribution < 1.29 is 18.5 Å². The number of nitrogens with zero attached hydrogens (tertiary/aromatic N) is 3. The Labute approximate surface area is 153 Å². The quantitative estimate of drug-likeness (QED) is 0.718. The van der Waals surface area contributed by atoms with Crippen molar-refractivity contribution in [3.8, 4) is 11.5 Å². The second kappa shape index (κ2) is 6.31. The SMILES string of the molecule is CC1(c2ccc(F)cc2)NC(=O)N(Cc2noc(-c3ccccc3)n2)C1=O. The maximum Gasteiger partial charge on any atom is 0.325 e. The van der Waals surface area contributed by atoms with Crippen LogP contribution in [0.5, 0.6) is 0 Å². The van der Waals surface area contributed by atoms with Gasteiger partial charge in [-0.3, -0.25) is 9.69 Å². The predicted octanol–water partition coefficient (Wildman–Crippen LogP) is 2.84. The van der Waals surface area contributed by atoms with E-state index in [1.165, 1.54) is 24.3 Å². The molecule has 27 heavy (non-hydrogen) atoms. The number of amides is 3. The average Bonchev–Trinajstić information content (AvgIpc) is 3.22. The standard InChI is InChI=1S/C19H15FN4O3/c1-19(13-7-9-14(20)10-8-13)17(25)24(18(26)22-19)11-15-21-16(27-23-15)12-5-3-2-4-6-12/h2-10H,11H2,1H3,(H,22,26). The third kappa shape index (κ3) is 2.95. The van der Waals surface area contributed by atoms with Crippen LogP contribution in [0.1, 0.15) is 18.3 Å². The van der Waals surface area contributed by atoms with E-state index in [4.69, 9.17) is 4.52 Å². The molecule has 0 spiro atoms. The molecule has 0 bridgehead atoms. The van der Waals surface area contributed by atoms with Crippen LogP contribution in [0.2, 0.25) is 0 Å². The molecule has 0 aliphatic carbocycles. The molecule has 1 unspecified atom stereocenters. The monoisotopic (exact) mass is 366 g/mol. The topological polar surface area (TPSA) is 88.3 Å². The van der Waals surface area contributed by atoms with E-state index in [1.54, 1.807) is 6.92 Å². The number of benzene rings is 2. The van der Waals surface area contributed by atoms with Gasteiger partial charge in [-0.1, -0.05) is 35.5 Å². The van der Waals surface area contributed by atoms with Crippen LogP contribution < -0.4 is 5.32 Å². The van der Waals surface area contributed by atoms with Crippen LogP contribution in [0, 0.1) is 5.82 Å². The second-order valence-electron chi connectivity index (χ2n) is 6.34. The Morgan fingerprint density at radius 3 is 2.52 bits per heavy atom. The van der Waals surface area contributed by atoms with Crippen LogP contribution in [0.25, 0.3) is 11.5 Å². The fourth-order valence-electron chi connectivity index (χ4n) is 2.98. The lowest BCUT2D eigenvalue weighted by Gasteiger charge is -2.21. The van der Waals surface area contributed by atoms with Crippen LogP contribution in [0.15, 0.2) is 59.1 Å². The maximum atomic E-state index is 13.2. The Bertz CT molecular complexity index is 1000. The highest BCUT2D eigenvalue weighted by atomic mass is 19.1. The summed E-state index contributed by atoms with van der Waals surface area (Å²) in [5.41, 5.74) is -0.0519. The molecular weight excluding hydrogens is 351 g/mol. The van der Waals surface area contributed by atoms with Gasteiger partial charge < -0.3 is 9.84 Å². The first-order chi connectivity index (χ1) is 13.0. The summed E-state index contributed by atoms with van der Waals surface area (Å²) in [7, 11) is 0. The van der Waals surface area contributed by atoms with E-state index in [1.807, 2.05) is 30.3 Å². The summed E-state index contributed by atoms with van der Waals surface area (Å²) in [6.07, 6.45) is 0. The summed E-state index contributed by atoms with van der Waals surface area (Å²) in [6.45, 7) is 1.45. The Morgan fingerprint density at radius 2 is 1.81 bits per heavy atom. The lowest BCUT2D eigenvalue weighted by Crippen LogP contribution is -2.40. The van der Waals surface area contributed by atoms with Crippen molar-refractivity contribution >= 4 is 11.9 Å². The van der Waals surface area contributed by atoms with Gasteiger partial charge in [0.05, 0.1) is 6.54 Å². The molecule has 8 heteroatoms. The van der Waals surface area contributed by atoms with E-state index in [2.05, 4.69) is 15.5 Å². The summed E-state index contributed by atoms with van der Waals surface area (Å²) < 4.78 is 18.4. The van der Waals surface area contributed by atoms with Gasteiger partial charge in [-0.05, 0) is 36.8 Å². The third-order valence-corrected chi connectivity index (χ3v) is 4.48. The molecule has 3 amide bonds. The number of carbonyl (C=O) groups excluding carboxylic acids is 2. The molecule has 3 aromatic rings. The van der Waals surface area contributed by atoms with E-state index in [-0.39, 0.29) is 12.4 Å². The van der Waals surface area contributed by atoms with Crippen molar-refractivity contribution in [1.29, 1.82) is 0 Å². The predicted molar refractivity (Wildman–Crippen MR) is 92.6 cm³/mol. The fourth-order valence-corrected chi connectivity index (χ4v) is 2.98. The highest BCUT2D eigenvalue weighted by Gasteiger charge is 2.49. The van der Waals surface area contributed by atoms with Crippen molar-refractivity contribution in [2.45, 2.75) is 19.0 Å². The lowest BCUT2D eigenvalue weighted by molar-refractivity contribution is -0.131. The smallest absolute Gasteiger partial charge is 0.325 e. The molecule has 1 saturated heterocycles. The van der Waals surface area contributed by atoms with Gasteiger partial charge in [0.2, 0.25) is 0 Å². The molecule has 1 atom stereocenters. The molecular formula is C19H15FN4O3. The molecule has 2 aromatic carbocycles. The van der Waals surface area contributed by atoms with Crippen LogP contribution in [-0.4, -0.2) is 27.0 Å². The van der Waals surface area contributed by atoms with Crippen molar-refractivity contribution in [3.05, 3.63) is 71.8 Å². The Balaban J connectivity index is 1.56. The zero-order chi connectivity index (χ0) is 19.0. The average molecular weight is 366 g/mol. The molecule has 0 saturated carbocycles. The van der Waals surface area contributed by atoms with Gasteiger partial charge in [0.25, 0.3) is 11.8 Å². The van der Waals surface area contributed by atoms with Gasteiger partial charge >= 0.3 is 6.03 Å². The van der Waals surface area contributed by atoms with E-state index in [0.717, 1.165) is 10.5 Å². The largest absolute Gasteiger partial charge is 0.334 e. The highest BCUT2D eigenvalue weighted by molar-refractivity contribution is 6.07. The van der Waals surface area contributed by atoms with Crippen molar-refractivity contribution in [1.82, 2.24) is 20.4 Å². The Kier molecular flexibility index (Phi) is 3.95. The van der Waals surface area contributed by atoms with Crippen molar-refractivity contribution in [3.63, 3.8) is 0 Å². The summed E-state index contributed by atoms with van der Waals surface area (Å²) in [5.74, 6) is -0.374. The first-order valence-electron chi connectivity index (χ1n) is 8.25. The molecule has 1 N–H and O–H groups in total. The fraction of sp³-hybridized carbons (Fsp3) is 0.158. The molecule has 1 aliphatic heterocycles. The number of hydrogen-bond acceptors (Lipinski definition) is 5. The normalized spacial score (nSPS) is 19.4. The molecule has 1 fully saturated rings. The molecule has 1 aliphatic rings. The summed E-state index contributed by atoms with van der Waals surface area (Å²) in [5, 5.41) is 6.50. The molecule has 4 rings (SSSR count). The number of nitrogens with one attached hydrogen (secondary N) is 1. The van der Waals surface area contributed by atoms with Crippen LogP contribution in [0.3, 0.4) is 0 Å². The summed E-state index contributed by atoms with van der Waals surface area (Å²) in [6, 6.07) is 14.0. The first kappa shape index (κ1) is 16.9. The van der Waals surface area contributed by atoms with Crippen LogP contribution >= 0.6 is 0 Å². The minimum absolute atomic E-state index is 0.127. The summed E-state index contributed by atoms with van der Waals surface area (Å²) in [4.78, 5) is 30.5. The summed E-state index contributed by atoms with van der Waals surface area (Å²) >= 11 is 0. The lowest BCUT2D eigenvalue weighted by atomic mass is 9.92. The van der Waals surface area contributed by atoms with E-state index in [9.17, 15) is 14.0 Å². The number of aromatic nitrogens is 2. The first-order valence-corrected chi connectivity index (χ1v) is 8.25. The van der Waals surface area contributed by atoms with Crippen LogP contribution in [-0.2, 0) is 16.9 Å². The van der Waals surface area contributed by atoms with E-state index in [0.29, 0.717) is 11.5 Å². The van der Waals surface area contributed by atoms with Gasteiger partial charge in [0.1, 0.15) is 11.4 Å². The van der Waals surface area contributed by atoms with E-state index < -0.39 is 23.3 Å². The van der Waals surface area contributed by atoms with Crippen LogP contribution in [0.4, 0.5) is 9.18 Å². The number of urea groups is 1. The Hall–Kier alpha value is -3.55. The van der Waals surface area contributed by atoms with Gasteiger partial charge in [-0.25, -0.2) is 9.18 Å². The zero-order valence-electron chi connectivity index (χ0n) is 14.3. The minimum atomic E-state index is -1.28. The number of hydrogen-bond donors (Lipinski definition) is 1. The number of halogens is 1. The molecule has 1 aromatic heterocycles. The molecule has 7 nitrogen and oxygen atoms in total. The Morgan fingerprint density at radius 1 is 1.11 bits per heavy atom. The van der Waals surface area contributed by atoms with Crippen molar-refractivity contribution in [2.75, 3.05) is 0 Å². The second-order valence-corrected chi connectivity index (χ2v) is 6.34. The maximum absolute atomic E-state index is 13.2. The number of carbonyl (C=O) groups is 2. The highest BCUT2D eigenvalue weighted by Crippen LogP contribution is 2.30. The molecule has 2 heterocycles. The number of rotatable bonds is 4.